The monoisotopic (exact) mass is 209 g/mol. The molecule has 0 aromatic heterocycles. The molecular weight excluding hydrogens is 190 g/mol. The van der Waals surface area contributed by atoms with Crippen LogP contribution in [0.1, 0.15) is 6.92 Å². The molecule has 1 atom stereocenters. The summed E-state index contributed by atoms with van der Waals surface area (Å²) in [5, 5.41) is 0. The SMILES string of the molecule is COCC(OC)(OC)OC(C)(N)OC. The van der Waals surface area contributed by atoms with E-state index in [9.17, 15) is 0 Å². The third-order valence-corrected chi connectivity index (χ3v) is 1.71. The van der Waals surface area contributed by atoms with Crippen LogP contribution in [0.5, 0.6) is 0 Å². The highest BCUT2D eigenvalue weighted by Crippen LogP contribution is 2.20. The molecule has 6 nitrogen and oxygen atoms in total. The van der Waals surface area contributed by atoms with E-state index in [0.29, 0.717) is 0 Å². The molecule has 0 aliphatic heterocycles. The van der Waals surface area contributed by atoms with E-state index in [2.05, 4.69) is 0 Å². The molecule has 0 bridgehead atoms. The lowest BCUT2D eigenvalue weighted by Gasteiger charge is -2.36. The normalized spacial score (nSPS) is 16.7. The van der Waals surface area contributed by atoms with Crippen molar-refractivity contribution in [1.82, 2.24) is 0 Å². The summed E-state index contributed by atoms with van der Waals surface area (Å²) in [6.45, 7) is 1.62. The molecule has 0 saturated heterocycles. The minimum atomic E-state index is -1.35. The molecule has 0 aromatic rings. The molecule has 6 heteroatoms. The molecule has 0 fully saturated rings. The molecule has 0 amide bonds. The Bertz CT molecular complexity index is 158. The number of ether oxygens (including phenoxy) is 5. The van der Waals surface area contributed by atoms with Gasteiger partial charge in [0.25, 0.3) is 0 Å². The average Bonchev–Trinajstić information content (AvgIpc) is 2.17. The van der Waals surface area contributed by atoms with E-state index in [1.807, 2.05) is 0 Å². The first-order chi connectivity index (χ1) is 6.45. The highest BCUT2D eigenvalue weighted by molar-refractivity contribution is 4.60. The summed E-state index contributed by atoms with van der Waals surface area (Å²) in [6.07, 6.45) is 0. The topological polar surface area (TPSA) is 72.2 Å². The molecular formula is C8H19NO5. The Morgan fingerprint density at radius 3 is 1.79 bits per heavy atom. The van der Waals surface area contributed by atoms with Gasteiger partial charge in [0.1, 0.15) is 6.61 Å². The maximum Gasteiger partial charge on any atom is 0.310 e. The van der Waals surface area contributed by atoms with E-state index in [1.165, 1.54) is 35.4 Å². The number of hydrogen-bond donors (Lipinski definition) is 1. The Morgan fingerprint density at radius 2 is 1.50 bits per heavy atom. The van der Waals surface area contributed by atoms with Gasteiger partial charge in [0.15, 0.2) is 0 Å². The van der Waals surface area contributed by atoms with E-state index in [4.69, 9.17) is 29.4 Å². The molecule has 1 unspecified atom stereocenters. The Balaban J connectivity index is 4.49. The van der Waals surface area contributed by atoms with Crippen LogP contribution in [-0.2, 0) is 23.7 Å². The van der Waals surface area contributed by atoms with Crippen LogP contribution in [0.2, 0.25) is 0 Å². The summed E-state index contributed by atoms with van der Waals surface area (Å²) < 4.78 is 25.1. The van der Waals surface area contributed by atoms with Crippen LogP contribution in [0.25, 0.3) is 0 Å². The maximum atomic E-state index is 5.62. The van der Waals surface area contributed by atoms with Crippen molar-refractivity contribution in [3.63, 3.8) is 0 Å². The van der Waals surface area contributed by atoms with Gasteiger partial charge in [-0.15, -0.1) is 0 Å². The van der Waals surface area contributed by atoms with Gasteiger partial charge in [-0.2, -0.15) is 0 Å². The zero-order chi connectivity index (χ0) is 11.2. The molecule has 86 valence electrons. The zero-order valence-electron chi connectivity index (χ0n) is 9.33. The van der Waals surface area contributed by atoms with Crippen molar-refractivity contribution in [2.24, 2.45) is 5.73 Å². The fourth-order valence-corrected chi connectivity index (χ4v) is 0.841. The first-order valence-electron chi connectivity index (χ1n) is 4.08. The second-order valence-corrected chi connectivity index (χ2v) is 2.85. The fourth-order valence-electron chi connectivity index (χ4n) is 0.841. The minimum Gasteiger partial charge on any atom is -0.376 e. The van der Waals surface area contributed by atoms with E-state index >= 15 is 0 Å². The molecule has 0 aliphatic rings. The second kappa shape index (κ2) is 5.59. The van der Waals surface area contributed by atoms with Crippen molar-refractivity contribution in [2.45, 2.75) is 18.8 Å². The summed E-state index contributed by atoms with van der Waals surface area (Å²) in [6, 6.07) is 0. The van der Waals surface area contributed by atoms with Crippen molar-refractivity contribution in [2.75, 3.05) is 35.0 Å². The van der Waals surface area contributed by atoms with Crippen LogP contribution in [0, 0.1) is 0 Å². The summed E-state index contributed by atoms with van der Waals surface area (Å²) >= 11 is 0. The van der Waals surface area contributed by atoms with Crippen LogP contribution in [-0.4, -0.2) is 46.9 Å². The predicted octanol–water partition coefficient (Wildman–Crippen LogP) is -0.125. The standard InChI is InChI=1S/C8H19NO5/c1-7(9,11-3)14-8(12-4,13-5)6-10-2/h6,9H2,1-5H3. The van der Waals surface area contributed by atoms with Crippen molar-refractivity contribution >= 4 is 0 Å². The molecule has 0 spiro atoms. The summed E-state index contributed by atoms with van der Waals surface area (Å²) in [7, 11) is 5.77. The molecule has 0 aromatic carbocycles. The Kier molecular flexibility index (Phi) is 5.50. The van der Waals surface area contributed by atoms with Crippen molar-refractivity contribution in [1.29, 1.82) is 0 Å². The molecule has 0 heterocycles. The Morgan fingerprint density at radius 1 is 1.00 bits per heavy atom. The Labute approximate surface area is 84.2 Å². The Hall–Kier alpha value is -0.240. The van der Waals surface area contributed by atoms with Gasteiger partial charge in [0, 0.05) is 35.4 Å². The van der Waals surface area contributed by atoms with Gasteiger partial charge in [-0.1, -0.05) is 0 Å². The lowest BCUT2D eigenvalue weighted by Crippen LogP contribution is -2.54. The van der Waals surface area contributed by atoms with Crippen molar-refractivity contribution in [3.8, 4) is 0 Å². The minimum absolute atomic E-state index is 0.0795. The summed E-state index contributed by atoms with van der Waals surface area (Å²) in [5.41, 5.74) is 5.62. The van der Waals surface area contributed by atoms with Crippen molar-refractivity contribution in [3.05, 3.63) is 0 Å². The highest BCUT2D eigenvalue weighted by atomic mass is 16.9. The fraction of sp³-hybridized carbons (Fsp3) is 1.00. The maximum absolute atomic E-state index is 5.62. The first kappa shape index (κ1) is 13.8. The van der Waals surface area contributed by atoms with Gasteiger partial charge in [0.05, 0.1) is 0 Å². The molecule has 0 saturated carbocycles. The number of rotatable bonds is 7. The smallest absolute Gasteiger partial charge is 0.310 e. The number of methoxy groups -OCH3 is 4. The van der Waals surface area contributed by atoms with E-state index in [1.54, 1.807) is 0 Å². The van der Waals surface area contributed by atoms with Gasteiger partial charge in [-0.3, -0.25) is 10.5 Å². The zero-order valence-corrected chi connectivity index (χ0v) is 9.33. The molecule has 0 aliphatic carbocycles. The van der Waals surface area contributed by atoms with Gasteiger partial charge in [-0.05, 0) is 0 Å². The van der Waals surface area contributed by atoms with E-state index in [-0.39, 0.29) is 6.61 Å². The van der Waals surface area contributed by atoms with Gasteiger partial charge in [0.2, 0.25) is 5.91 Å². The van der Waals surface area contributed by atoms with E-state index < -0.39 is 11.9 Å². The quantitative estimate of drug-likeness (QED) is 0.589. The van der Waals surface area contributed by atoms with Crippen LogP contribution >= 0.6 is 0 Å². The highest BCUT2D eigenvalue weighted by Gasteiger charge is 2.38. The second-order valence-electron chi connectivity index (χ2n) is 2.85. The van der Waals surface area contributed by atoms with Crippen molar-refractivity contribution < 1.29 is 23.7 Å². The van der Waals surface area contributed by atoms with Crippen LogP contribution in [0.3, 0.4) is 0 Å². The molecule has 0 radical (unpaired) electrons. The third-order valence-electron chi connectivity index (χ3n) is 1.71. The van der Waals surface area contributed by atoms with Crippen LogP contribution in [0.15, 0.2) is 0 Å². The average molecular weight is 209 g/mol. The van der Waals surface area contributed by atoms with Gasteiger partial charge >= 0.3 is 5.97 Å². The lowest BCUT2D eigenvalue weighted by atomic mass is 10.5. The lowest BCUT2D eigenvalue weighted by molar-refractivity contribution is -0.438. The number of nitrogens with two attached hydrogens (primary N) is 1. The third kappa shape index (κ3) is 3.87. The first-order valence-corrected chi connectivity index (χ1v) is 4.08. The molecule has 14 heavy (non-hydrogen) atoms. The summed E-state index contributed by atoms with van der Waals surface area (Å²) in [5.74, 6) is -2.65. The predicted molar refractivity (Wildman–Crippen MR) is 49.3 cm³/mol. The van der Waals surface area contributed by atoms with Crippen LogP contribution in [0.4, 0.5) is 0 Å². The molecule has 0 rings (SSSR count). The summed E-state index contributed by atoms with van der Waals surface area (Å²) in [4.78, 5) is 0. The van der Waals surface area contributed by atoms with Crippen LogP contribution < -0.4 is 5.73 Å². The van der Waals surface area contributed by atoms with Gasteiger partial charge < -0.3 is 18.9 Å². The van der Waals surface area contributed by atoms with E-state index in [0.717, 1.165) is 0 Å². The molecule has 2 N–H and O–H groups in total. The van der Waals surface area contributed by atoms with Gasteiger partial charge in [-0.25, -0.2) is 0 Å². The number of hydrogen-bond acceptors (Lipinski definition) is 6. The largest absolute Gasteiger partial charge is 0.376 e.